The maximum absolute atomic E-state index is 10.3. The monoisotopic (exact) mass is 291 g/mol. The fourth-order valence-electron chi connectivity index (χ4n) is 1.83. The molecule has 0 aliphatic carbocycles. The fourth-order valence-corrected chi connectivity index (χ4v) is 2.22. The van der Waals surface area contributed by atoms with Crippen LogP contribution in [0.2, 0.25) is 0 Å². The van der Waals surface area contributed by atoms with Crippen LogP contribution in [0.1, 0.15) is 25.0 Å². The third kappa shape index (κ3) is 5.25. The number of aryl methyl sites for hydroxylation is 1. The van der Waals surface area contributed by atoms with Crippen LogP contribution in [-0.2, 0) is 16.6 Å². The third-order valence-corrected chi connectivity index (χ3v) is 3.46. The summed E-state index contributed by atoms with van der Waals surface area (Å²) in [5.41, 5.74) is 8.23. The van der Waals surface area contributed by atoms with Gasteiger partial charge in [-0.1, -0.05) is 42.5 Å². The summed E-state index contributed by atoms with van der Waals surface area (Å²) >= 11 is -1.83. The smallest absolute Gasteiger partial charge is 0.186 e. The maximum Gasteiger partial charge on any atom is 0.186 e. The molecular weight excluding hydrogens is 270 g/mol. The van der Waals surface area contributed by atoms with Gasteiger partial charge in [-0.05, 0) is 44.0 Å². The molecule has 0 radical (unpaired) electrons. The number of hydrogen-bond donors (Lipinski definition) is 2. The predicted molar refractivity (Wildman–Crippen MR) is 83.9 cm³/mol. The van der Waals surface area contributed by atoms with Crippen molar-refractivity contribution in [2.45, 2.75) is 31.2 Å². The largest absolute Gasteiger partial charge is 0.322 e. The van der Waals surface area contributed by atoms with Crippen LogP contribution in [0.3, 0.4) is 0 Å². The van der Waals surface area contributed by atoms with Gasteiger partial charge in [0.15, 0.2) is 11.1 Å². The summed E-state index contributed by atoms with van der Waals surface area (Å²) in [6, 6.07) is 16.7. The van der Waals surface area contributed by atoms with Crippen LogP contribution in [-0.4, -0.2) is 8.76 Å². The van der Waals surface area contributed by atoms with Crippen molar-refractivity contribution in [2.75, 3.05) is 0 Å². The second-order valence-corrected chi connectivity index (χ2v) is 6.07. The Morgan fingerprint density at radius 2 is 1.50 bits per heavy atom. The van der Waals surface area contributed by atoms with Crippen LogP contribution in [0.15, 0.2) is 59.5 Å². The zero-order valence-corrected chi connectivity index (χ0v) is 12.9. The lowest BCUT2D eigenvalue weighted by molar-refractivity contribution is 0.551. The van der Waals surface area contributed by atoms with E-state index in [1.807, 2.05) is 26.0 Å². The first-order valence-electron chi connectivity index (χ1n) is 6.33. The molecule has 0 aliphatic rings. The van der Waals surface area contributed by atoms with Crippen molar-refractivity contribution in [1.29, 1.82) is 0 Å². The molecule has 0 spiro atoms. The Morgan fingerprint density at radius 3 is 1.85 bits per heavy atom. The lowest BCUT2D eigenvalue weighted by Gasteiger charge is -2.21. The SMILES string of the molecule is Cc1ccccc1C(C)(C)N.O=S(O)c1ccccc1. The van der Waals surface area contributed by atoms with E-state index in [0.29, 0.717) is 4.90 Å². The van der Waals surface area contributed by atoms with Gasteiger partial charge in [-0.25, -0.2) is 4.21 Å². The lowest BCUT2D eigenvalue weighted by Crippen LogP contribution is -2.29. The summed E-state index contributed by atoms with van der Waals surface area (Å²) in [7, 11) is 0. The van der Waals surface area contributed by atoms with Crippen molar-refractivity contribution in [3.63, 3.8) is 0 Å². The van der Waals surface area contributed by atoms with E-state index in [1.165, 1.54) is 11.1 Å². The normalized spacial score (nSPS) is 12.2. The second-order valence-electron chi connectivity index (χ2n) is 5.10. The summed E-state index contributed by atoms with van der Waals surface area (Å²) in [5, 5.41) is 0. The Labute approximate surface area is 123 Å². The minimum Gasteiger partial charge on any atom is -0.322 e. The number of rotatable bonds is 2. The summed E-state index contributed by atoms with van der Waals surface area (Å²) < 4.78 is 18.8. The van der Waals surface area contributed by atoms with Crippen molar-refractivity contribution in [1.82, 2.24) is 0 Å². The second kappa shape index (κ2) is 7.33. The summed E-state index contributed by atoms with van der Waals surface area (Å²) in [6.45, 7) is 6.13. The Morgan fingerprint density at radius 1 is 1.00 bits per heavy atom. The van der Waals surface area contributed by atoms with Gasteiger partial charge in [0.1, 0.15) is 0 Å². The van der Waals surface area contributed by atoms with E-state index in [1.54, 1.807) is 30.3 Å². The number of benzene rings is 2. The van der Waals surface area contributed by atoms with E-state index in [9.17, 15) is 4.21 Å². The quantitative estimate of drug-likeness (QED) is 0.833. The first-order valence-corrected chi connectivity index (χ1v) is 7.44. The molecule has 0 aromatic heterocycles. The number of hydrogen-bond acceptors (Lipinski definition) is 2. The molecule has 0 heterocycles. The van der Waals surface area contributed by atoms with E-state index >= 15 is 0 Å². The average molecular weight is 291 g/mol. The van der Waals surface area contributed by atoms with E-state index < -0.39 is 11.1 Å². The molecule has 0 aliphatic heterocycles. The molecule has 0 bridgehead atoms. The van der Waals surface area contributed by atoms with Crippen LogP contribution >= 0.6 is 0 Å². The minimum atomic E-state index is -1.83. The Bertz CT molecular complexity index is 562. The molecule has 0 amide bonds. The lowest BCUT2D eigenvalue weighted by atomic mass is 9.92. The van der Waals surface area contributed by atoms with E-state index in [4.69, 9.17) is 10.3 Å². The molecular formula is C16H21NO2S. The van der Waals surface area contributed by atoms with Gasteiger partial charge in [0, 0.05) is 5.54 Å². The molecule has 0 saturated heterocycles. The first-order chi connectivity index (χ1) is 9.32. The highest BCUT2D eigenvalue weighted by Crippen LogP contribution is 2.19. The highest BCUT2D eigenvalue weighted by atomic mass is 32.2. The van der Waals surface area contributed by atoms with Crippen molar-refractivity contribution in [3.8, 4) is 0 Å². The van der Waals surface area contributed by atoms with Gasteiger partial charge >= 0.3 is 0 Å². The molecule has 1 atom stereocenters. The summed E-state index contributed by atoms with van der Waals surface area (Å²) in [5.74, 6) is 0. The first kappa shape index (κ1) is 16.6. The Kier molecular flexibility index (Phi) is 6.07. The Hall–Kier alpha value is -1.49. The average Bonchev–Trinajstić information content (AvgIpc) is 2.39. The third-order valence-electron chi connectivity index (χ3n) is 2.78. The van der Waals surface area contributed by atoms with Gasteiger partial charge in [0.2, 0.25) is 0 Å². The fraction of sp³-hybridized carbons (Fsp3) is 0.250. The molecule has 0 saturated carbocycles. The van der Waals surface area contributed by atoms with Crippen LogP contribution < -0.4 is 5.73 Å². The molecule has 2 aromatic rings. The van der Waals surface area contributed by atoms with Crippen LogP contribution in [0.25, 0.3) is 0 Å². The molecule has 3 nitrogen and oxygen atoms in total. The molecule has 108 valence electrons. The summed E-state index contributed by atoms with van der Waals surface area (Å²) in [6.07, 6.45) is 0. The van der Waals surface area contributed by atoms with E-state index in [0.717, 1.165) is 0 Å². The van der Waals surface area contributed by atoms with Crippen LogP contribution in [0.4, 0.5) is 0 Å². The van der Waals surface area contributed by atoms with E-state index in [-0.39, 0.29) is 5.54 Å². The molecule has 2 rings (SSSR count). The van der Waals surface area contributed by atoms with Crippen LogP contribution in [0.5, 0.6) is 0 Å². The maximum atomic E-state index is 10.3. The van der Waals surface area contributed by atoms with Gasteiger partial charge < -0.3 is 10.3 Å². The molecule has 4 heteroatoms. The van der Waals surface area contributed by atoms with Gasteiger partial charge in [-0.3, -0.25) is 0 Å². The van der Waals surface area contributed by atoms with Crippen LogP contribution in [0, 0.1) is 6.92 Å². The summed E-state index contributed by atoms with van der Waals surface area (Å²) in [4.78, 5) is 0.442. The molecule has 3 N–H and O–H groups in total. The standard InChI is InChI=1S/C10H15N.C6H6O2S/c1-8-6-4-5-7-9(8)10(2,3)11;7-9(8)6-4-2-1-3-5-6/h4-7H,11H2,1-3H3;1-5H,(H,7,8). The van der Waals surface area contributed by atoms with Gasteiger partial charge in [0.25, 0.3) is 0 Å². The highest BCUT2D eigenvalue weighted by Gasteiger charge is 2.14. The molecule has 20 heavy (non-hydrogen) atoms. The van der Waals surface area contributed by atoms with Crippen molar-refractivity contribution >= 4 is 11.1 Å². The van der Waals surface area contributed by atoms with Crippen molar-refractivity contribution in [3.05, 3.63) is 65.7 Å². The van der Waals surface area contributed by atoms with Crippen molar-refractivity contribution in [2.24, 2.45) is 5.73 Å². The zero-order valence-electron chi connectivity index (χ0n) is 12.0. The van der Waals surface area contributed by atoms with Gasteiger partial charge in [-0.2, -0.15) is 0 Å². The highest BCUT2D eigenvalue weighted by molar-refractivity contribution is 7.79. The van der Waals surface area contributed by atoms with Gasteiger partial charge in [-0.15, -0.1) is 0 Å². The molecule has 0 fully saturated rings. The van der Waals surface area contributed by atoms with Gasteiger partial charge in [0.05, 0.1) is 4.90 Å². The minimum absolute atomic E-state index is 0.217. The van der Waals surface area contributed by atoms with E-state index in [2.05, 4.69) is 19.1 Å². The number of nitrogens with two attached hydrogens (primary N) is 1. The molecule has 1 unspecified atom stereocenters. The Balaban J connectivity index is 0.000000204. The predicted octanol–water partition coefficient (Wildman–Crippen LogP) is 3.46. The topological polar surface area (TPSA) is 63.3 Å². The molecule has 2 aromatic carbocycles. The zero-order chi connectivity index (χ0) is 15.2. The van der Waals surface area contributed by atoms with Crippen molar-refractivity contribution < 1.29 is 8.76 Å².